The minimum atomic E-state index is -4.00. The highest BCUT2D eigenvalue weighted by molar-refractivity contribution is 7.89. The number of nitrogens with zero attached hydrogens (tertiary/aromatic N) is 1. The first-order valence-corrected chi connectivity index (χ1v) is 6.87. The fourth-order valence-electron chi connectivity index (χ4n) is 1.68. The Kier molecular flexibility index (Phi) is 3.58. The Morgan fingerprint density at radius 1 is 1.50 bits per heavy atom. The van der Waals surface area contributed by atoms with Crippen LogP contribution >= 0.6 is 0 Å². The first-order chi connectivity index (χ1) is 8.49. The molecule has 1 saturated heterocycles. The lowest BCUT2D eigenvalue weighted by Crippen LogP contribution is -2.47. The molecule has 0 aliphatic carbocycles. The third-order valence-electron chi connectivity index (χ3n) is 2.57. The summed E-state index contributed by atoms with van der Waals surface area (Å²) in [6.45, 7) is 0.201. The quantitative estimate of drug-likeness (QED) is 0.796. The Morgan fingerprint density at radius 3 is 2.89 bits per heavy atom. The summed E-state index contributed by atoms with van der Waals surface area (Å²) in [6, 6.07) is 1.91. The van der Waals surface area contributed by atoms with E-state index in [1.54, 1.807) is 0 Å². The number of aromatic nitrogens is 1. The number of carbonyl (C=O) groups is 1. The average molecular weight is 273 g/mol. The molecule has 6 nitrogen and oxygen atoms in total. The minimum absolute atomic E-state index is 0.116. The zero-order valence-electron chi connectivity index (χ0n) is 9.39. The molecule has 1 atom stereocenters. The standard InChI is InChI=1S/C10H12FN3O3S/c11-8-2-1-5-12-10(8)18(16,17)14-7-3-4-9(15)13-6-7/h1-2,5,7,14H,3-4,6H2,(H,13,15). The number of amides is 1. The predicted octanol–water partition coefficient (Wildman–Crippen LogP) is -0.222. The molecule has 0 aromatic carbocycles. The Bertz CT molecular complexity index is 551. The predicted molar refractivity (Wildman–Crippen MR) is 60.5 cm³/mol. The highest BCUT2D eigenvalue weighted by Crippen LogP contribution is 2.12. The van der Waals surface area contributed by atoms with Crippen molar-refractivity contribution in [2.45, 2.75) is 23.9 Å². The van der Waals surface area contributed by atoms with Crippen molar-refractivity contribution < 1.29 is 17.6 Å². The van der Waals surface area contributed by atoms with Crippen molar-refractivity contribution >= 4 is 15.9 Å². The molecule has 1 aliphatic rings. The third-order valence-corrected chi connectivity index (χ3v) is 4.02. The largest absolute Gasteiger partial charge is 0.355 e. The first-order valence-electron chi connectivity index (χ1n) is 5.38. The van der Waals surface area contributed by atoms with Gasteiger partial charge in [0.1, 0.15) is 0 Å². The van der Waals surface area contributed by atoms with Crippen molar-refractivity contribution in [3.63, 3.8) is 0 Å². The van der Waals surface area contributed by atoms with Crippen LogP contribution in [-0.4, -0.2) is 31.9 Å². The van der Waals surface area contributed by atoms with Crippen molar-refractivity contribution in [1.29, 1.82) is 0 Å². The molecule has 1 unspecified atom stereocenters. The molecule has 1 aromatic rings. The molecular formula is C10H12FN3O3S. The minimum Gasteiger partial charge on any atom is -0.355 e. The summed E-state index contributed by atoms with van der Waals surface area (Å²) in [6.07, 6.45) is 1.84. The van der Waals surface area contributed by atoms with Gasteiger partial charge in [0, 0.05) is 25.2 Å². The van der Waals surface area contributed by atoms with Crippen LogP contribution in [0.3, 0.4) is 0 Å². The van der Waals surface area contributed by atoms with Crippen LogP contribution in [0.5, 0.6) is 0 Å². The number of rotatable bonds is 3. The number of pyridine rings is 1. The van der Waals surface area contributed by atoms with Gasteiger partial charge in [0.25, 0.3) is 10.0 Å². The Morgan fingerprint density at radius 2 is 2.28 bits per heavy atom. The number of sulfonamides is 1. The molecule has 2 rings (SSSR count). The van der Waals surface area contributed by atoms with Crippen molar-refractivity contribution in [3.8, 4) is 0 Å². The van der Waals surface area contributed by atoms with Crippen LogP contribution < -0.4 is 10.0 Å². The summed E-state index contributed by atoms with van der Waals surface area (Å²) in [5.41, 5.74) is 0. The molecule has 1 aliphatic heterocycles. The maximum Gasteiger partial charge on any atom is 0.261 e. The third kappa shape index (κ3) is 2.82. The van der Waals surface area contributed by atoms with E-state index in [4.69, 9.17) is 0 Å². The molecule has 1 fully saturated rings. The van der Waals surface area contributed by atoms with Gasteiger partial charge in [-0.05, 0) is 18.6 Å². The number of nitrogens with one attached hydrogen (secondary N) is 2. The lowest BCUT2D eigenvalue weighted by molar-refractivity contribution is -0.122. The maximum atomic E-state index is 13.4. The highest BCUT2D eigenvalue weighted by Gasteiger charge is 2.26. The Hall–Kier alpha value is -1.54. The lowest BCUT2D eigenvalue weighted by Gasteiger charge is -2.23. The van der Waals surface area contributed by atoms with Crippen LogP contribution in [0.25, 0.3) is 0 Å². The van der Waals surface area contributed by atoms with Crippen LogP contribution in [0.1, 0.15) is 12.8 Å². The first kappa shape index (κ1) is 12.9. The molecule has 8 heteroatoms. The van der Waals surface area contributed by atoms with Crippen molar-refractivity contribution in [2.75, 3.05) is 6.54 Å². The monoisotopic (exact) mass is 273 g/mol. The normalized spacial score (nSPS) is 20.5. The molecule has 0 bridgehead atoms. The highest BCUT2D eigenvalue weighted by atomic mass is 32.2. The molecule has 2 N–H and O–H groups in total. The van der Waals surface area contributed by atoms with Gasteiger partial charge in [-0.1, -0.05) is 0 Å². The SMILES string of the molecule is O=C1CCC(NS(=O)(=O)c2ncccc2F)CN1. The zero-order chi connectivity index (χ0) is 13.2. The summed E-state index contributed by atoms with van der Waals surface area (Å²) >= 11 is 0. The van der Waals surface area contributed by atoms with Gasteiger partial charge in [-0.2, -0.15) is 0 Å². The van der Waals surface area contributed by atoms with Crippen molar-refractivity contribution in [3.05, 3.63) is 24.1 Å². The summed E-state index contributed by atoms with van der Waals surface area (Å²) in [5, 5.41) is 1.92. The van der Waals surface area contributed by atoms with Crippen LogP contribution in [0.15, 0.2) is 23.4 Å². The second-order valence-corrected chi connectivity index (χ2v) is 5.58. The Labute approximate surface area is 104 Å². The van der Waals surface area contributed by atoms with Gasteiger partial charge in [0.15, 0.2) is 5.82 Å². The van der Waals surface area contributed by atoms with Gasteiger partial charge in [0.2, 0.25) is 10.9 Å². The zero-order valence-corrected chi connectivity index (χ0v) is 10.2. The van der Waals surface area contributed by atoms with E-state index >= 15 is 0 Å². The molecule has 1 amide bonds. The van der Waals surface area contributed by atoms with Gasteiger partial charge in [0.05, 0.1) is 0 Å². The van der Waals surface area contributed by atoms with Gasteiger partial charge < -0.3 is 5.32 Å². The summed E-state index contributed by atoms with van der Waals surface area (Å²) in [5.74, 6) is -1.01. The smallest absolute Gasteiger partial charge is 0.261 e. The fraction of sp³-hybridized carbons (Fsp3) is 0.400. The maximum absolute atomic E-state index is 13.4. The summed E-state index contributed by atoms with van der Waals surface area (Å²) in [4.78, 5) is 14.5. The summed E-state index contributed by atoms with van der Waals surface area (Å²) in [7, 11) is -4.00. The van der Waals surface area contributed by atoms with Crippen molar-refractivity contribution in [2.24, 2.45) is 0 Å². The van der Waals surface area contributed by atoms with E-state index in [2.05, 4.69) is 15.0 Å². The van der Waals surface area contributed by atoms with Crippen LogP contribution in [0.2, 0.25) is 0 Å². The van der Waals surface area contributed by atoms with Gasteiger partial charge >= 0.3 is 0 Å². The molecule has 18 heavy (non-hydrogen) atoms. The molecule has 0 saturated carbocycles. The molecule has 98 valence electrons. The van der Waals surface area contributed by atoms with E-state index in [0.717, 1.165) is 6.07 Å². The van der Waals surface area contributed by atoms with Crippen LogP contribution in [-0.2, 0) is 14.8 Å². The van der Waals surface area contributed by atoms with E-state index in [1.165, 1.54) is 12.3 Å². The van der Waals surface area contributed by atoms with Crippen molar-refractivity contribution in [1.82, 2.24) is 15.0 Å². The number of carbonyl (C=O) groups excluding carboxylic acids is 1. The fourth-order valence-corrected chi connectivity index (χ4v) is 2.95. The number of halogens is 1. The topological polar surface area (TPSA) is 88.2 Å². The molecule has 1 aromatic heterocycles. The van der Waals surface area contributed by atoms with E-state index in [0.29, 0.717) is 6.42 Å². The van der Waals surface area contributed by atoms with Gasteiger partial charge in [-0.15, -0.1) is 0 Å². The molecule has 0 radical (unpaired) electrons. The second-order valence-electron chi connectivity index (χ2n) is 3.95. The number of hydrogen-bond acceptors (Lipinski definition) is 4. The van der Waals surface area contributed by atoms with E-state index in [9.17, 15) is 17.6 Å². The van der Waals surface area contributed by atoms with Gasteiger partial charge in [-0.25, -0.2) is 22.5 Å². The van der Waals surface area contributed by atoms with E-state index in [-0.39, 0.29) is 18.9 Å². The van der Waals surface area contributed by atoms with Crippen LogP contribution in [0, 0.1) is 5.82 Å². The van der Waals surface area contributed by atoms with Crippen LogP contribution in [0.4, 0.5) is 4.39 Å². The second kappa shape index (κ2) is 4.99. The molecule has 0 spiro atoms. The molecule has 2 heterocycles. The molecular weight excluding hydrogens is 261 g/mol. The Balaban J connectivity index is 2.13. The number of hydrogen-bond donors (Lipinski definition) is 2. The summed E-state index contributed by atoms with van der Waals surface area (Å²) < 4.78 is 39.4. The van der Waals surface area contributed by atoms with Gasteiger partial charge in [-0.3, -0.25) is 4.79 Å². The van der Waals surface area contributed by atoms with E-state index in [1.807, 2.05) is 0 Å². The van der Waals surface area contributed by atoms with E-state index < -0.39 is 26.9 Å². The number of piperidine rings is 1. The lowest BCUT2D eigenvalue weighted by atomic mass is 10.1. The average Bonchev–Trinajstić information content (AvgIpc) is 2.32.